The summed E-state index contributed by atoms with van der Waals surface area (Å²) in [4.78, 5) is 22.7. The second kappa shape index (κ2) is 6.61. The number of nitrogens with one attached hydrogen (secondary N) is 1. The Labute approximate surface area is 156 Å². The van der Waals surface area contributed by atoms with Crippen molar-refractivity contribution in [2.45, 2.75) is 32.9 Å². The van der Waals surface area contributed by atoms with Crippen LogP contribution in [0, 0.1) is 0 Å². The van der Waals surface area contributed by atoms with E-state index in [4.69, 9.17) is 16.6 Å². The summed E-state index contributed by atoms with van der Waals surface area (Å²) in [6.07, 6.45) is 4.20. The minimum Gasteiger partial charge on any atom is -0.340 e. The van der Waals surface area contributed by atoms with Crippen LogP contribution >= 0.6 is 11.6 Å². The summed E-state index contributed by atoms with van der Waals surface area (Å²) >= 11 is 5.95. The molecule has 0 spiro atoms. The number of halogens is 1. The van der Waals surface area contributed by atoms with Crippen LogP contribution in [0.1, 0.15) is 41.6 Å². The Balaban J connectivity index is 1.54. The van der Waals surface area contributed by atoms with Gasteiger partial charge in [-0.25, -0.2) is 4.98 Å². The lowest BCUT2D eigenvalue weighted by atomic mass is 10.1. The Morgan fingerprint density at radius 3 is 2.73 bits per heavy atom. The summed E-state index contributed by atoms with van der Waals surface area (Å²) in [5.41, 5.74) is 3.63. The van der Waals surface area contributed by atoms with E-state index < -0.39 is 0 Å². The fourth-order valence-electron chi connectivity index (χ4n) is 3.13. The van der Waals surface area contributed by atoms with Crippen LogP contribution < -0.4 is 0 Å². The molecule has 26 heavy (non-hydrogen) atoms. The number of benzene rings is 1. The third kappa shape index (κ3) is 3.12. The highest BCUT2D eigenvalue weighted by atomic mass is 35.5. The van der Waals surface area contributed by atoms with Crippen LogP contribution in [0.5, 0.6) is 0 Å². The van der Waals surface area contributed by atoms with Crippen LogP contribution in [0.4, 0.5) is 0 Å². The first-order chi connectivity index (χ1) is 12.5. The zero-order chi connectivity index (χ0) is 18.3. The molecule has 1 aliphatic heterocycles. The highest BCUT2D eigenvalue weighted by Crippen LogP contribution is 2.24. The summed E-state index contributed by atoms with van der Waals surface area (Å²) in [6, 6.07) is 7.81. The highest BCUT2D eigenvalue weighted by molar-refractivity contribution is 6.30. The number of hydrogen-bond acceptors (Lipinski definition) is 3. The summed E-state index contributed by atoms with van der Waals surface area (Å²) in [5, 5.41) is 4.96. The molecule has 1 N–H and O–H groups in total. The van der Waals surface area contributed by atoms with Gasteiger partial charge < -0.3 is 9.88 Å². The molecule has 1 aliphatic rings. The molecule has 0 unspecified atom stereocenters. The van der Waals surface area contributed by atoms with E-state index in [0.717, 1.165) is 29.2 Å². The standard InChI is InChI=1S/C19H20ClN5O/c1-12(2)25-10-14(9-21-25)19(26)24-8-7-16-17(11-24)23-18(22-16)13-3-5-15(20)6-4-13/h3-6,9-10,12H,7-8,11H2,1-2H3,(H,22,23). The van der Waals surface area contributed by atoms with Crippen molar-refractivity contribution in [3.8, 4) is 11.4 Å². The van der Waals surface area contributed by atoms with E-state index in [9.17, 15) is 4.79 Å². The molecule has 0 aliphatic carbocycles. The van der Waals surface area contributed by atoms with E-state index in [2.05, 4.69) is 10.1 Å². The summed E-state index contributed by atoms with van der Waals surface area (Å²) in [6.45, 7) is 5.26. The third-order valence-electron chi connectivity index (χ3n) is 4.61. The Hall–Kier alpha value is -2.60. The number of H-pyrrole nitrogens is 1. The normalized spacial score (nSPS) is 13.9. The van der Waals surface area contributed by atoms with Gasteiger partial charge in [-0.1, -0.05) is 11.6 Å². The van der Waals surface area contributed by atoms with Gasteiger partial charge in [-0.3, -0.25) is 9.48 Å². The van der Waals surface area contributed by atoms with Crippen molar-refractivity contribution in [1.29, 1.82) is 0 Å². The predicted molar refractivity (Wildman–Crippen MR) is 100 cm³/mol. The van der Waals surface area contributed by atoms with Gasteiger partial charge in [0, 0.05) is 35.8 Å². The van der Waals surface area contributed by atoms with E-state index in [-0.39, 0.29) is 11.9 Å². The number of carbonyl (C=O) groups is 1. The van der Waals surface area contributed by atoms with Gasteiger partial charge in [0.2, 0.25) is 0 Å². The maximum atomic E-state index is 12.8. The van der Waals surface area contributed by atoms with Gasteiger partial charge in [-0.15, -0.1) is 0 Å². The fraction of sp³-hybridized carbons (Fsp3) is 0.316. The number of imidazole rings is 1. The molecule has 0 atom stereocenters. The number of nitrogens with zero attached hydrogens (tertiary/aromatic N) is 4. The first-order valence-electron chi connectivity index (χ1n) is 8.68. The van der Waals surface area contributed by atoms with Gasteiger partial charge in [0.05, 0.1) is 29.7 Å². The molecule has 0 saturated carbocycles. The second-order valence-electron chi connectivity index (χ2n) is 6.80. The molecular weight excluding hydrogens is 350 g/mol. The number of amides is 1. The van der Waals surface area contributed by atoms with Crippen molar-refractivity contribution in [2.75, 3.05) is 6.54 Å². The predicted octanol–water partition coefficient (Wildman–Crippen LogP) is 3.71. The smallest absolute Gasteiger partial charge is 0.257 e. The van der Waals surface area contributed by atoms with Gasteiger partial charge >= 0.3 is 0 Å². The Morgan fingerprint density at radius 2 is 2.04 bits per heavy atom. The number of aromatic amines is 1. The molecular formula is C19H20ClN5O. The first kappa shape index (κ1) is 16.8. The van der Waals surface area contributed by atoms with E-state index in [1.165, 1.54) is 0 Å². The van der Waals surface area contributed by atoms with E-state index >= 15 is 0 Å². The SMILES string of the molecule is CC(C)n1cc(C(=O)N2CCc3nc(-c4ccc(Cl)cc4)[nH]c3C2)cn1. The van der Waals surface area contributed by atoms with Gasteiger partial charge in [-0.05, 0) is 38.1 Å². The molecule has 1 aromatic carbocycles. The minimum atomic E-state index is 0.00481. The summed E-state index contributed by atoms with van der Waals surface area (Å²) < 4.78 is 1.80. The van der Waals surface area contributed by atoms with Crippen molar-refractivity contribution in [2.24, 2.45) is 0 Å². The second-order valence-corrected chi connectivity index (χ2v) is 7.23. The van der Waals surface area contributed by atoms with E-state index in [1.807, 2.05) is 49.2 Å². The lowest BCUT2D eigenvalue weighted by Gasteiger charge is -2.25. The quantitative estimate of drug-likeness (QED) is 0.765. The molecule has 134 valence electrons. The van der Waals surface area contributed by atoms with Crippen molar-refractivity contribution >= 4 is 17.5 Å². The summed E-state index contributed by atoms with van der Waals surface area (Å²) in [7, 11) is 0. The monoisotopic (exact) mass is 369 g/mol. The van der Waals surface area contributed by atoms with Crippen molar-refractivity contribution in [1.82, 2.24) is 24.6 Å². The van der Waals surface area contributed by atoms with Gasteiger partial charge in [-0.2, -0.15) is 5.10 Å². The van der Waals surface area contributed by atoms with E-state index in [0.29, 0.717) is 23.7 Å². The molecule has 1 amide bonds. The molecule has 4 rings (SSSR count). The molecule has 3 aromatic rings. The number of carbonyl (C=O) groups excluding carboxylic acids is 1. The van der Waals surface area contributed by atoms with Crippen molar-refractivity contribution in [3.05, 3.63) is 58.6 Å². The maximum Gasteiger partial charge on any atom is 0.257 e. The number of hydrogen-bond donors (Lipinski definition) is 1. The number of rotatable bonds is 3. The molecule has 0 radical (unpaired) electrons. The average molecular weight is 370 g/mol. The molecule has 2 aromatic heterocycles. The average Bonchev–Trinajstić information content (AvgIpc) is 3.28. The lowest BCUT2D eigenvalue weighted by molar-refractivity contribution is 0.0732. The van der Waals surface area contributed by atoms with Crippen LogP contribution in [0.15, 0.2) is 36.7 Å². The van der Waals surface area contributed by atoms with Crippen LogP contribution in [-0.4, -0.2) is 37.1 Å². The van der Waals surface area contributed by atoms with Crippen LogP contribution in [-0.2, 0) is 13.0 Å². The number of fused-ring (bicyclic) bond motifs is 1. The fourth-order valence-corrected chi connectivity index (χ4v) is 3.25. The summed E-state index contributed by atoms with van der Waals surface area (Å²) in [5.74, 6) is 0.818. The molecule has 6 nitrogen and oxygen atoms in total. The molecule has 0 bridgehead atoms. The van der Waals surface area contributed by atoms with Gasteiger partial charge in [0.15, 0.2) is 0 Å². The molecule has 7 heteroatoms. The topological polar surface area (TPSA) is 66.8 Å². The van der Waals surface area contributed by atoms with Gasteiger partial charge in [0.25, 0.3) is 5.91 Å². The zero-order valence-corrected chi connectivity index (χ0v) is 15.5. The van der Waals surface area contributed by atoms with E-state index in [1.54, 1.807) is 10.9 Å². The minimum absolute atomic E-state index is 0.00481. The number of aromatic nitrogens is 4. The largest absolute Gasteiger partial charge is 0.340 e. The lowest BCUT2D eigenvalue weighted by Crippen LogP contribution is -2.35. The van der Waals surface area contributed by atoms with Crippen LogP contribution in [0.3, 0.4) is 0 Å². The Kier molecular flexibility index (Phi) is 4.28. The molecule has 0 fully saturated rings. The third-order valence-corrected chi connectivity index (χ3v) is 4.87. The molecule has 0 saturated heterocycles. The van der Waals surface area contributed by atoms with Gasteiger partial charge in [0.1, 0.15) is 5.82 Å². The van der Waals surface area contributed by atoms with Crippen LogP contribution in [0.25, 0.3) is 11.4 Å². The van der Waals surface area contributed by atoms with Crippen molar-refractivity contribution < 1.29 is 4.79 Å². The van der Waals surface area contributed by atoms with Crippen LogP contribution in [0.2, 0.25) is 5.02 Å². The Morgan fingerprint density at radius 1 is 1.27 bits per heavy atom. The van der Waals surface area contributed by atoms with Crippen molar-refractivity contribution in [3.63, 3.8) is 0 Å². The maximum absolute atomic E-state index is 12.8. The Bertz CT molecular complexity index is 941. The molecule has 3 heterocycles. The zero-order valence-electron chi connectivity index (χ0n) is 14.7. The highest BCUT2D eigenvalue weighted by Gasteiger charge is 2.25. The first-order valence-corrected chi connectivity index (χ1v) is 9.06.